The second-order valence-corrected chi connectivity index (χ2v) is 4.06. The topological polar surface area (TPSA) is 40.5 Å². The van der Waals surface area contributed by atoms with Crippen LogP contribution in [0, 0.1) is 5.92 Å². The molecule has 0 bridgehead atoms. The fraction of sp³-hybridized carbons (Fsp3) is 0.900. The number of hydrogen-bond donors (Lipinski definition) is 1. The Morgan fingerprint density at radius 3 is 2.31 bits per heavy atom. The Kier molecular flexibility index (Phi) is 4.18. The van der Waals surface area contributed by atoms with Crippen molar-refractivity contribution in [3.63, 3.8) is 0 Å². The quantitative estimate of drug-likeness (QED) is 0.794. The molecule has 1 atom stereocenters. The van der Waals surface area contributed by atoms with E-state index >= 15 is 0 Å². The van der Waals surface area contributed by atoms with Crippen LogP contribution in [0.2, 0.25) is 0 Å². The van der Waals surface area contributed by atoms with E-state index in [1.807, 2.05) is 0 Å². The lowest BCUT2D eigenvalue weighted by atomic mass is 9.91. The van der Waals surface area contributed by atoms with Gasteiger partial charge in [0.15, 0.2) is 6.10 Å². The number of piperidine rings is 1. The molecule has 1 fully saturated rings. The summed E-state index contributed by atoms with van der Waals surface area (Å²) in [4.78, 5) is 12.8. The van der Waals surface area contributed by atoms with Crippen LogP contribution in [0.15, 0.2) is 0 Å². The predicted octanol–water partition coefficient (Wildman–Crippen LogP) is 1.56. The Bertz CT molecular complexity index is 247. The van der Waals surface area contributed by atoms with Gasteiger partial charge in [0.25, 0.3) is 0 Å². The van der Waals surface area contributed by atoms with Crippen LogP contribution in [0.3, 0.4) is 0 Å². The third-order valence-corrected chi connectivity index (χ3v) is 2.98. The molecule has 1 aliphatic heterocycles. The molecule has 0 saturated carbocycles. The van der Waals surface area contributed by atoms with Crippen molar-refractivity contribution < 1.29 is 23.1 Å². The Morgan fingerprint density at radius 1 is 1.44 bits per heavy atom. The van der Waals surface area contributed by atoms with Crippen LogP contribution in [-0.4, -0.2) is 41.3 Å². The third kappa shape index (κ3) is 3.10. The molecule has 1 aliphatic rings. The number of aliphatic hydroxyl groups is 1. The van der Waals surface area contributed by atoms with Gasteiger partial charge in [-0.2, -0.15) is 13.2 Å². The second-order valence-electron chi connectivity index (χ2n) is 4.06. The summed E-state index contributed by atoms with van der Waals surface area (Å²) >= 11 is 0. The van der Waals surface area contributed by atoms with Gasteiger partial charge >= 0.3 is 6.18 Å². The molecule has 1 unspecified atom stereocenters. The lowest BCUT2D eigenvalue weighted by molar-refractivity contribution is -0.222. The van der Waals surface area contributed by atoms with Crippen LogP contribution in [0.1, 0.15) is 26.2 Å². The number of alkyl halides is 3. The van der Waals surface area contributed by atoms with Gasteiger partial charge in [0, 0.05) is 19.5 Å². The first kappa shape index (κ1) is 13.3. The fourth-order valence-corrected chi connectivity index (χ4v) is 1.96. The average molecular weight is 239 g/mol. The molecular formula is C10H16F3NO2. The van der Waals surface area contributed by atoms with Crippen molar-refractivity contribution in [2.75, 3.05) is 13.1 Å². The summed E-state index contributed by atoms with van der Waals surface area (Å²) < 4.78 is 36.7. The van der Waals surface area contributed by atoms with Crippen LogP contribution >= 0.6 is 0 Å². The van der Waals surface area contributed by atoms with Gasteiger partial charge in [-0.25, -0.2) is 0 Å². The van der Waals surface area contributed by atoms with Gasteiger partial charge in [-0.05, 0) is 18.8 Å². The number of carbonyl (C=O) groups excluding carboxylic acids is 1. The zero-order valence-corrected chi connectivity index (χ0v) is 9.13. The lowest BCUT2D eigenvalue weighted by Crippen LogP contribution is -2.45. The van der Waals surface area contributed by atoms with E-state index in [9.17, 15) is 18.0 Å². The highest BCUT2D eigenvalue weighted by atomic mass is 19.4. The number of likely N-dealkylation sites (tertiary alicyclic amines) is 1. The first-order chi connectivity index (χ1) is 7.36. The van der Waals surface area contributed by atoms with E-state index < -0.39 is 18.2 Å². The minimum atomic E-state index is -4.55. The molecular weight excluding hydrogens is 223 g/mol. The summed E-state index contributed by atoms with van der Waals surface area (Å²) in [6.45, 7) is 2.34. The summed E-state index contributed by atoms with van der Waals surface area (Å²) in [6, 6.07) is 0. The minimum absolute atomic E-state index is 0.0417. The Morgan fingerprint density at radius 2 is 1.94 bits per heavy atom. The summed E-state index contributed by atoms with van der Waals surface area (Å²) in [7, 11) is 0. The molecule has 3 nitrogen and oxygen atoms in total. The van der Waals surface area contributed by atoms with E-state index in [2.05, 4.69) is 0 Å². The third-order valence-electron chi connectivity index (χ3n) is 2.98. The molecule has 94 valence electrons. The second kappa shape index (κ2) is 5.03. The van der Waals surface area contributed by atoms with Crippen molar-refractivity contribution in [2.45, 2.75) is 38.5 Å². The zero-order valence-electron chi connectivity index (χ0n) is 9.13. The Hall–Kier alpha value is -0.780. The predicted molar refractivity (Wildman–Crippen MR) is 51.7 cm³/mol. The number of halogens is 3. The molecule has 0 aromatic rings. The van der Waals surface area contributed by atoms with Crippen LogP contribution < -0.4 is 0 Å². The van der Waals surface area contributed by atoms with Crippen molar-refractivity contribution in [1.29, 1.82) is 0 Å². The van der Waals surface area contributed by atoms with Crippen molar-refractivity contribution in [3.05, 3.63) is 0 Å². The van der Waals surface area contributed by atoms with Gasteiger partial charge in [-0.1, -0.05) is 6.92 Å². The number of carbonyl (C=O) groups is 1. The molecule has 1 N–H and O–H groups in total. The van der Waals surface area contributed by atoms with Gasteiger partial charge < -0.3 is 10.0 Å². The SMILES string of the molecule is CCC(=O)N1CCC(C(O)C(F)(F)F)CC1. The molecule has 1 amide bonds. The van der Waals surface area contributed by atoms with E-state index in [1.54, 1.807) is 11.8 Å². The van der Waals surface area contributed by atoms with Gasteiger partial charge in [0.1, 0.15) is 0 Å². The molecule has 1 heterocycles. The molecule has 6 heteroatoms. The zero-order chi connectivity index (χ0) is 12.3. The highest BCUT2D eigenvalue weighted by molar-refractivity contribution is 5.75. The molecule has 1 saturated heterocycles. The van der Waals surface area contributed by atoms with Crippen LogP contribution in [-0.2, 0) is 4.79 Å². The maximum Gasteiger partial charge on any atom is 0.414 e. The van der Waals surface area contributed by atoms with Crippen LogP contribution in [0.25, 0.3) is 0 Å². The lowest BCUT2D eigenvalue weighted by Gasteiger charge is -2.34. The largest absolute Gasteiger partial charge is 0.414 e. The number of rotatable bonds is 2. The molecule has 0 aliphatic carbocycles. The maximum atomic E-state index is 12.2. The number of hydrogen-bond acceptors (Lipinski definition) is 2. The van der Waals surface area contributed by atoms with E-state index in [0.717, 1.165) is 0 Å². The summed E-state index contributed by atoms with van der Waals surface area (Å²) in [5, 5.41) is 9.06. The molecule has 16 heavy (non-hydrogen) atoms. The standard InChI is InChI=1S/C10H16F3NO2/c1-2-8(15)14-5-3-7(4-6-14)9(16)10(11,12)13/h7,9,16H,2-6H2,1H3. The van der Waals surface area contributed by atoms with Gasteiger partial charge in [-0.15, -0.1) is 0 Å². The van der Waals surface area contributed by atoms with E-state index in [-0.39, 0.29) is 18.7 Å². The van der Waals surface area contributed by atoms with Gasteiger partial charge in [0.05, 0.1) is 0 Å². The number of amides is 1. The average Bonchev–Trinajstić information content (AvgIpc) is 2.26. The highest BCUT2D eigenvalue weighted by Crippen LogP contribution is 2.31. The Labute approximate surface area is 92.2 Å². The Balaban J connectivity index is 2.46. The van der Waals surface area contributed by atoms with E-state index in [0.29, 0.717) is 19.5 Å². The number of nitrogens with zero attached hydrogens (tertiary/aromatic N) is 1. The van der Waals surface area contributed by atoms with Crippen LogP contribution in [0.5, 0.6) is 0 Å². The van der Waals surface area contributed by atoms with Gasteiger partial charge in [0.2, 0.25) is 5.91 Å². The summed E-state index contributed by atoms with van der Waals surface area (Å²) in [5.74, 6) is -0.819. The molecule has 1 rings (SSSR count). The summed E-state index contributed by atoms with van der Waals surface area (Å²) in [6.07, 6.45) is -6.02. The van der Waals surface area contributed by atoms with Crippen molar-refractivity contribution in [3.8, 4) is 0 Å². The fourth-order valence-electron chi connectivity index (χ4n) is 1.96. The summed E-state index contributed by atoms with van der Waals surface area (Å²) in [5.41, 5.74) is 0. The highest BCUT2D eigenvalue weighted by Gasteiger charge is 2.44. The molecule has 0 radical (unpaired) electrons. The van der Waals surface area contributed by atoms with Crippen molar-refractivity contribution >= 4 is 5.91 Å². The first-order valence-electron chi connectivity index (χ1n) is 5.38. The van der Waals surface area contributed by atoms with E-state index in [1.165, 1.54) is 0 Å². The van der Waals surface area contributed by atoms with Crippen molar-refractivity contribution in [1.82, 2.24) is 4.90 Å². The monoisotopic (exact) mass is 239 g/mol. The molecule has 0 spiro atoms. The van der Waals surface area contributed by atoms with Crippen molar-refractivity contribution in [2.24, 2.45) is 5.92 Å². The minimum Gasteiger partial charge on any atom is -0.383 e. The first-order valence-corrected chi connectivity index (χ1v) is 5.38. The van der Waals surface area contributed by atoms with Crippen LogP contribution in [0.4, 0.5) is 13.2 Å². The molecule has 0 aromatic heterocycles. The number of aliphatic hydroxyl groups excluding tert-OH is 1. The maximum absolute atomic E-state index is 12.2. The smallest absolute Gasteiger partial charge is 0.383 e. The molecule has 0 aromatic carbocycles. The van der Waals surface area contributed by atoms with E-state index in [4.69, 9.17) is 5.11 Å². The van der Waals surface area contributed by atoms with Gasteiger partial charge in [-0.3, -0.25) is 4.79 Å². The normalized spacial score (nSPS) is 20.9.